The number of thiophene rings is 1. The van der Waals surface area contributed by atoms with Crippen LogP contribution in [0.2, 0.25) is 5.15 Å². The average Bonchev–Trinajstić information content (AvgIpc) is 3.10. The predicted octanol–water partition coefficient (Wildman–Crippen LogP) is 4.50. The minimum absolute atomic E-state index is 0.0984. The number of hydrogen-bond acceptors (Lipinski definition) is 5. The predicted molar refractivity (Wildman–Crippen MR) is 118 cm³/mol. The van der Waals surface area contributed by atoms with Gasteiger partial charge in [-0.25, -0.2) is 4.98 Å². The van der Waals surface area contributed by atoms with Gasteiger partial charge in [0.15, 0.2) is 0 Å². The molecule has 8 heteroatoms. The van der Waals surface area contributed by atoms with Crippen molar-refractivity contribution in [3.05, 3.63) is 70.5 Å². The lowest BCUT2D eigenvalue weighted by atomic mass is 10.1. The molecule has 1 aliphatic heterocycles. The van der Waals surface area contributed by atoms with E-state index in [4.69, 9.17) is 16.3 Å². The molecular weight excluding hydrogens is 422 g/mol. The first-order valence-electron chi connectivity index (χ1n) is 9.53. The molecule has 154 valence electrons. The molecule has 0 atom stereocenters. The molecule has 2 amide bonds. The number of amides is 2. The van der Waals surface area contributed by atoms with E-state index in [2.05, 4.69) is 10.3 Å². The van der Waals surface area contributed by atoms with Crippen molar-refractivity contribution in [2.24, 2.45) is 0 Å². The second kappa shape index (κ2) is 8.95. The van der Waals surface area contributed by atoms with Gasteiger partial charge in [0.25, 0.3) is 11.8 Å². The Balaban J connectivity index is 1.72. The molecule has 3 heterocycles. The number of benzene rings is 1. The van der Waals surface area contributed by atoms with Crippen molar-refractivity contribution in [3.8, 4) is 10.4 Å². The van der Waals surface area contributed by atoms with Crippen molar-refractivity contribution in [3.63, 3.8) is 0 Å². The molecule has 30 heavy (non-hydrogen) atoms. The van der Waals surface area contributed by atoms with E-state index in [0.717, 1.165) is 16.0 Å². The lowest BCUT2D eigenvalue weighted by Gasteiger charge is -2.27. The second-order valence-corrected chi connectivity index (χ2v) is 8.26. The number of ether oxygens (including phenoxy) is 1. The van der Waals surface area contributed by atoms with E-state index in [1.54, 1.807) is 17.0 Å². The Morgan fingerprint density at radius 1 is 1.13 bits per heavy atom. The maximum atomic E-state index is 13.3. The van der Waals surface area contributed by atoms with Crippen LogP contribution in [0.1, 0.15) is 26.3 Å². The number of halogens is 1. The zero-order valence-electron chi connectivity index (χ0n) is 16.4. The molecule has 2 aromatic heterocycles. The molecule has 1 aliphatic rings. The maximum absolute atomic E-state index is 13.3. The molecule has 1 saturated heterocycles. The number of nitrogens with one attached hydrogen (secondary N) is 1. The van der Waals surface area contributed by atoms with Crippen LogP contribution >= 0.6 is 22.9 Å². The standard InChI is InChI=1S/C22H20ClN3O3S/c1-14-18(22(28)26-9-11-29-12-10-26)21(30-19(14)15-5-3-2-4-6-15)25-20(27)16-7-8-17(23)24-13-16/h2-8,13H,9-12H2,1H3,(H,25,27). The SMILES string of the molecule is Cc1c(-c2ccccc2)sc(NC(=O)c2ccc(Cl)nc2)c1C(=O)N1CCOCC1. The number of anilines is 1. The van der Waals surface area contributed by atoms with Crippen LogP contribution in [-0.2, 0) is 4.74 Å². The number of nitrogens with zero attached hydrogens (tertiary/aromatic N) is 2. The number of pyridine rings is 1. The van der Waals surface area contributed by atoms with Gasteiger partial charge < -0.3 is 15.0 Å². The van der Waals surface area contributed by atoms with Gasteiger partial charge >= 0.3 is 0 Å². The lowest BCUT2D eigenvalue weighted by Crippen LogP contribution is -2.41. The van der Waals surface area contributed by atoms with Crippen LogP contribution in [0, 0.1) is 6.92 Å². The topological polar surface area (TPSA) is 71.5 Å². The van der Waals surface area contributed by atoms with E-state index in [1.807, 2.05) is 37.3 Å². The zero-order valence-corrected chi connectivity index (χ0v) is 17.9. The highest BCUT2D eigenvalue weighted by Crippen LogP contribution is 2.40. The Labute approximate surface area is 183 Å². The van der Waals surface area contributed by atoms with E-state index >= 15 is 0 Å². The second-order valence-electron chi connectivity index (χ2n) is 6.85. The fourth-order valence-corrected chi connectivity index (χ4v) is 4.65. The molecule has 1 aromatic carbocycles. The summed E-state index contributed by atoms with van der Waals surface area (Å²) in [7, 11) is 0. The quantitative estimate of drug-likeness (QED) is 0.605. The molecule has 0 saturated carbocycles. The van der Waals surface area contributed by atoms with Crippen LogP contribution in [0.4, 0.5) is 5.00 Å². The molecule has 6 nitrogen and oxygen atoms in total. The van der Waals surface area contributed by atoms with Crippen molar-refractivity contribution in [2.75, 3.05) is 31.6 Å². The first kappa shape index (κ1) is 20.5. The minimum Gasteiger partial charge on any atom is -0.378 e. The number of morpholine rings is 1. The summed E-state index contributed by atoms with van der Waals surface area (Å²) in [6.45, 7) is 4.01. The molecular formula is C22H20ClN3O3S. The van der Waals surface area contributed by atoms with Gasteiger partial charge in [-0.15, -0.1) is 11.3 Å². The molecule has 0 radical (unpaired) electrons. The first-order chi connectivity index (χ1) is 14.5. The molecule has 0 bridgehead atoms. The van der Waals surface area contributed by atoms with Crippen LogP contribution in [-0.4, -0.2) is 48.0 Å². The first-order valence-corrected chi connectivity index (χ1v) is 10.7. The molecule has 0 unspecified atom stereocenters. The Morgan fingerprint density at radius 2 is 1.87 bits per heavy atom. The van der Waals surface area contributed by atoms with E-state index in [9.17, 15) is 9.59 Å². The van der Waals surface area contributed by atoms with Crippen molar-refractivity contribution >= 4 is 39.8 Å². The van der Waals surface area contributed by atoms with E-state index in [0.29, 0.717) is 47.6 Å². The summed E-state index contributed by atoms with van der Waals surface area (Å²) in [6, 6.07) is 13.0. The molecule has 3 aromatic rings. The van der Waals surface area contributed by atoms with Gasteiger partial charge in [0, 0.05) is 24.2 Å². The third-order valence-electron chi connectivity index (χ3n) is 4.91. The normalized spacial score (nSPS) is 13.9. The minimum atomic E-state index is -0.337. The van der Waals surface area contributed by atoms with Gasteiger partial charge in [0.05, 0.1) is 24.3 Å². The number of carbonyl (C=O) groups is 2. The highest BCUT2D eigenvalue weighted by molar-refractivity contribution is 7.20. The van der Waals surface area contributed by atoms with Gasteiger partial charge in [-0.05, 0) is 30.2 Å². The Bertz CT molecular complexity index is 1060. The summed E-state index contributed by atoms with van der Waals surface area (Å²) in [5, 5.41) is 3.76. The fourth-order valence-electron chi connectivity index (χ4n) is 3.33. The van der Waals surface area contributed by atoms with Crippen LogP contribution in [0.25, 0.3) is 10.4 Å². The number of rotatable bonds is 4. The Morgan fingerprint density at radius 3 is 2.53 bits per heavy atom. The summed E-state index contributed by atoms with van der Waals surface area (Å²) in [4.78, 5) is 32.8. The van der Waals surface area contributed by atoms with Gasteiger partial charge in [-0.3, -0.25) is 9.59 Å². The van der Waals surface area contributed by atoms with Crippen molar-refractivity contribution < 1.29 is 14.3 Å². The van der Waals surface area contributed by atoms with Crippen molar-refractivity contribution in [1.29, 1.82) is 0 Å². The maximum Gasteiger partial charge on any atom is 0.257 e. The van der Waals surface area contributed by atoms with Gasteiger partial charge in [-0.1, -0.05) is 41.9 Å². The van der Waals surface area contributed by atoms with Gasteiger partial charge in [-0.2, -0.15) is 0 Å². The summed E-state index contributed by atoms with van der Waals surface area (Å²) < 4.78 is 5.37. The summed E-state index contributed by atoms with van der Waals surface area (Å²) in [6.07, 6.45) is 1.42. The number of aromatic nitrogens is 1. The van der Waals surface area contributed by atoms with Crippen molar-refractivity contribution in [1.82, 2.24) is 9.88 Å². The smallest absolute Gasteiger partial charge is 0.257 e. The van der Waals surface area contributed by atoms with Crippen LogP contribution in [0.3, 0.4) is 0 Å². The van der Waals surface area contributed by atoms with Crippen LogP contribution in [0.5, 0.6) is 0 Å². The van der Waals surface area contributed by atoms with Crippen molar-refractivity contribution in [2.45, 2.75) is 6.92 Å². The average molecular weight is 442 g/mol. The van der Waals surface area contributed by atoms with E-state index in [1.165, 1.54) is 17.5 Å². The number of hydrogen-bond donors (Lipinski definition) is 1. The monoisotopic (exact) mass is 441 g/mol. The fraction of sp³-hybridized carbons (Fsp3) is 0.227. The number of carbonyl (C=O) groups excluding carboxylic acids is 2. The summed E-state index contributed by atoms with van der Waals surface area (Å²) in [5.74, 6) is -0.435. The van der Waals surface area contributed by atoms with Crippen LogP contribution in [0.15, 0.2) is 48.7 Å². The molecule has 1 N–H and O–H groups in total. The largest absolute Gasteiger partial charge is 0.378 e. The Hall–Kier alpha value is -2.74. The third-order valence-corrected chi connectivity index (χ3v) is 6.39. The van der Waals surface area contributed by atoms with E-state index in [-0.39, 0.29) is 11.8 Å². The zero-order chi connectivity index (χ0) is 21.1. The molecule has 4 rings (SSSR count). The Kier molecular flexibility index (Phi) is 6.13. The van der Waals surface area contributed by atoms with E-state index < -0.39 is 0 Å². The van der Waals surface area contributed by atoms with Crippen LogP contribution < -0.4 is 5.32 Å². The molecule has 0 aliphatic carbocycles. The summed E-state index contributed by atoms with van der Waals surface area (Å²) in [5.41, 5.74) is 2.75. The lowest BCUT2D eigenvalue weighted by molar-refractivity contribution is 0.0303. The third kappa shape index (κ3) is 4.23. The highest BCUT2D eigenvalue weighted by atomic mass is 35.5. The van der Waals surface area contributed by atoms with Gasteiger partial charge in [0.1, 0.15) is 10.2 Å². The van der Waals surface area contributed by atoms with Gasteiger partial charge in [0.2, 0.25) is 0 Å². The summed E-state index contributed by atoms with van der Waals surface area (Å²) >= 11 is 7.22. The molecule has 0 spiro atoms. The highest BCUT2D eigenvalue weighted by Gasteiger charge is 2.28. The molecule has 1 fully saturated rings.